The van der Waals surface area contributed by atoms with Gasteiger partial charge in [0.15, 0.2) is 0 Å². The first-order valence-corrected chi connectivity index (χ1v) is 4.31. The van der Waals surface area contributed by atoms with Crippen LogP contribution in [0, 0.1) is 0 Å². The second-order valence-electron chi connectivity index (χ2n) is 2.32. The minimum absolute atomic E-state index is 0. The van der Waals surface area contributed by atoms with E-state index < -0.39 is 0 Å². The fraction of sp³-hybridized carbons (Fsp3) is 0.125. The molecule has 0 aliphatic rings. The van der Waals surface area contributed by atoms with Crippen molar-refractivity contribution in [3.63, 3.8) is 0 Å². The van der Waals surface area contributed by atoms with Gasteiger partial charge in [-0.2, -0.15) is 0 Å². The van der Waals surface area contributed by atoms with E-state index in [1.165, 1.54) is 10.3 Å². The average Bonchev–Trinajstić information content (AvgIpc) is 2.50. The maximum Gasteiger partial charge on any atom is 0.0815 e. The molecule has 72 valence electrons. The second-order valence-corrected chi connectivity index (χ2v) is 3.18. The van der Waals surface area contributed by atoms with Gasteiger partial charge in [-0.1, -0.05) is 12.1 Å². The van der Waals surface area contributed by atoms with Gasteiger partial charge in [0.2, 0.25) is 0 Å². The van der Waals surface area contributed by atoms with E-state index in [0.29, 0.717) is 6.54 Å². The van der Waals surface area contributed by atoms with Crippen LogP contribution in [-0.2, 0) is 6.54 Å². The van der Waals surface area contributed by atoms with E-state index >= 15 is 0 Å². The zero-order valence-electron chi connectivity index (χ0n) is 6.86. The van der Waals surface area contributed by atoms with E-state index in [9.17, 15) is 0 Å². The molecule has 2 rings (SSSR count). The molecular formula is C8H11ClN2OS. The van der Waals surface area contributed by atoms with Crippen molar-refractivity contribution in [2.24, 2.45) is 5.73 Å². The Bertz CT molecular complexity index is 377. The Balaban J connectivity index is 0.000000720. The quantitative estimate of drug-likeness (QED) is 0.785. The van der Waals surface area contributed by atoms with Crippen LogP contribution in [0.25, 0.3) is 10.2 Å². The molecule has 5 heteroatoms. The number of hydrogen-bond acceptors (Lipinski definition) is 3. The van der Waals surface area contributed by atoms with Crippen LogP contribution in [0.5, 0.6) is 0 Å². The summed E-state index contributed by atoms with van der Waals surface area (Å²) in [5.41, 5.74) is 9.64. The second kappa shape index (κ2) is 5.14. The van der Waals surface area contributed by atoms with Crippen LogP contribution in [0.2, 0.25) is 0 Å². The first-order valence-electron chi connectivity index (χ1n) is 3.43. The number of benzene rings is 1. The van der Waals surface area contributed by atoms with E-state index in [1.54, 1.807) is 11.3 Å². The molecule has 0 fully saturated rings. The van der Waals surface area contributed by atoms with Crippen LogP contribution in [0.3, 0.4) is 0 Å². The highest BCUT2D eigenvalue weighted by Crippen LogP contribution is 2.21. The summed E-state index contributed by atoms with van der Waals surface area (Å²) in [6.45, 7) is 0.597. The minimum atomic E-state index is 0. The van der Waals surface area contributed by atoms with E-state index in [4.69, 9.17) is 5.73 Å². The van der Waals surface area contributed by atoms with Gasteiger partial charge in [-0.3, -0.25) is 0 Å². The molecular weight excluding hydrogens is 208 g/mol. The van der Waals surface area contributed by atoms with Crippen LogP contribution in [0.1, 0.15) is 5.56 Å². The number of hydrogen-bond donors (Lipinski definition) is 1. The summed E-state index contributed by atoms with van der Waals surface area (Å²) in [4.78, 5) is 4.19. The molecule has 0 saturated heterocycles. The third-order valence-corrected chi connectivity index (χ3v) is 2.58. The predicted molar refractivity (Wildman–Crippen MR) is 58.4 cm³/mol. The summed E-state index contributed by atoms with van der Waals surface area (Å²) in [5.74, 6) is 0. The van der Waals surface area contributed by atoms with Crippen molar-refractivity contribution >= 4 is 34.0 Å². The highest BCUT2D eigenvalue weighted by molar-refractivity contribution is 7.16. The van der Waals surface area contributed by atoms with Gasteiger partial charge in [-0.15, -0.1) is 23.7 Å². The largest absolute Gasteiger partial charge is 0.412 e. The standard InChI is InChI=1S/C8H8N2S.ClH.H2O/c9-4-6-2-1-3-7-8(6)11-5-10-7;;/h1-3,5H,4,9H2;1H;1H2. The minimum Gasteiger partial charge on any atom is -0.412 e. The molecule has 4 N–H and O–H groups in total. The maximum absolute atomic E-state index is 5.55. The fourth-order valence-electron chi connectivity index (χ4n) is 1.11. The van der Waals surface area contributed by atoms with Crippen molar-refractivity contribution in [1.82, 2.24) is 4.98 Å². The van der Waals surface area contributed by atoms with Gasteiger partial charge in [0, 0.05) is 6.54 Å². The van der Waals surface area contributed by atoms with Gasteiger partial charge < -0.3 is 11.2 Å². The fourth-order valence-corrected chi connectivity index (χ4v) is 1.92. The number of halogens is 1. The van der Waals surface area contributed by atoms with E-state index in [2.05, 4.69) is 4.98 Å². The molecule has 2 aromatic rings. The Morgan fingerprint density at radius 1 is 1.38 bits per heavy atom. The average molecular weight is 219 g/mol. The van der Waals surface area contributed by atoms with E-state index in [0.717, 1.165) is 5.52 Å². The number of fused-ring (bicyclic) bond motifs is 1. The lowest BCUT2D eigenvalue weighted by Crippen LogP contribution is -1.95. The van der Waals surface area contributed by atoms with Crippen molar-refractivity contribution in [1.29, 1.82) is 0 Å². The van der Waals surface area contributed by atoms with Crippen LogP contribution >= 0.6 is 23.7 Å². The lowest BCUT2D eigenvalue weighted by Gasteiger charge is -1.95. The molecule has 0 aliphatic carbocycles. The topological polar surface area (TPSA) is 70.4 Å². The number of nitrogens with zero attached hydrogens (tertiary/aromatic N) is 1. The van der Waals surface area contributed by atoms with Gasteiger partial charge >= 0.3 is 0 Å². The molecule has 0 amide bonds. The van der Waals surface area contributed by atoms with Crippen molar-refractivity contribution in [3.8, 4) is 0 Å². The molecule has 0 atom stereocenters. The van der Waals surface area contributed by atoms with Gasteiger partial charge in [0.25, 0.3) is 0 Å². The molecule has 0 aliphatic heterocycles. The zero-order chi connectivity index (χ0) is 7.68. The number of aromatic nitrogens is 1. The van der Waals surface area contributed by atoms with E-state index in [1.807, 2.05) is 23.7 Å². The molecule has 3 nitrogen and oxygen atoms in total. The third-order valence-electron chi connectivity index (χ3n) is 1.66. The van der Waals surface area contributed by atoms with Crippen LogP contribution in [-0.4, -0.2) is 10.5 Å². The number of rotatable bonds is 1. The van der Waals surface area contributed by atoms with Gasteiger partial charge in [-0.25, -0.2) is 4.98 Å². The number of nitrogens with two attached hydrogens (primary N) is 1. The summed E-state index contributed by atoms with van der Waals surface area (Å²) in [6, 6.07) is 6.04. The molecule has 1 aromatic carbocycles. The number of thiazole rings is 1. The summed E-state index contributed by atoms with van der Waals surface area (Å²) in [5, 5.41) is 0. The SMILES string of the molecule is Cl.NCc1cccc2ncsc12.O. The molecule has 1 aromatic heterocycles. The van der Waals surface area contributed by atoms with Gasteiger partial charge in [0.1, 0.15) is 0 Å². The lowest BCUT2D eigenvalue weighted by molar-refractivity contribution is 0.824. The highest BCUT2D eigenvalue weighted by Gasteiger charge is 1.99. The summed E-state index contributed by atoms with van der Waals surface area (Å²) in [7, 11) is 0. The van der Waals surface area contributed by atoms with E-state index in [-0.39, 0.29) is 17.9 Å². The molecule has 0 bridgehead atoms. The molecule has 13 heavy (non-hydrogen) atoms. The van der Waals surface area contributed by atoms with Crippen LogP contribution in [0.15, 0.2) is 23.7 Å². The predicted octanol–water partition coefficient (Wildman–Crippen LogP) is 1.35. The monoisotopic (exact) mass is 218 g/mol. The molecule has 0 radical (unpaired) electrons. The summed E-state index contributed by atoms with van der Waals surface area (Å²) < 4.78 is 1.22. The van der Waals surface area contributed by atoms with Crippen LogP contribution < -0.4 is 5.73 Å². The van der Waals surface area contributed by atoms with Gasteiger partial charge in [0.05, 0.1) is 15.7 Å². The molecule has 0 unspecified atom stereocenters. The first kappa shape index (κ1) is 12.3. The summed E-state index contributed by atoms with van der Waals surface area (Å²) in [6.07, 6.45) is 0. The zero-order valence-corrected chi connectivity index (χ0v) is 8.49. The van der Waals surface area contributed by atoms with Crippen molar-refractivity contribution < 1.29 is 5.48 Å². The first-order chi connectivity index (χ1) is 5.42. The summed E-state index contributed by atoms with van der Waals surface area (Å²) >= 11 is 1.65. The Morgan fingerprint density at radius 2 is 2.15 bits per heavy atom. The van der Waals surface area contributed by atoms with Gasteiger partial charge in [-0.05, 0) is 11.6 Å². The normalized spacial score (nSPS) is 9.00. The van der Waals surface area contributed by atoms with Crippen molar-refractivity contribution in [2.75, 3.05) is 0 Å². The maximum atomic E-state index is 5.55. The smallest absolute Gasteiger partial charge is 0.0815 e. The Labute approximate surface area is 86.3 Å². The highest BCUT2D eigenvalue weighted by atomic mass is 35.5. The third kappa shape index (κ3) is 2.16. The molecule has 1 heterocycles. The Kier molecular flexibility index (Phi) is 4.87. The Hall–Kier alpha value is -0.680. The molecule has 0 saturated carbocycles. The molecule has 0 spiro atoms. The van der Waals surface area contributed by atoms with Crippen LogP contribution in [0.4, 0.5) is 0 Å². The lowest BCUT2D eigenvalue weighted by atomic mass is 10.2. The van der Waals surface area contributed by atoms with Crippen molar-refractivity contribution in [2.45, 2.75) is 6.54 Å². The van der Waals surface area contributed by atoms with Crippen molar-refractivity contribution in [3.05, 3.63) is 29.3 Å². The Morgan fingerprint density at radius 3 is 2.85 bits per heavy atom.